The second-order valence-corrected chi connectivity index (χ2v) is 8.93. The van der Waals surface area contributed by atoms with Crippen molar-refractivity contribution in [1.82, 2.24) is 15.2 Å². The van der Waals surface area contributed by atoms with Gasteiger partial charge in [-0.05, 0) is 68.3 Å². The second kappa shape index (κ2) is 6.00. The molecule has 1 aromatic rings. The minimum atomic E-state index is -0.509. The highest BCUT2D eigenvalue weighted by molar-refractivity contribution is 14.1. The van der Waals surface area contributed by atoms with Gasteiger partial charge in [-0.15, -0.1) is 11.3 Å². The number of piperidine rings is 3. The number of nitrogens with zero attached hydrogens (tertiary/aromatic N) is 2. The molecule has 3 aliphatic rings. The number of hydrogen-bond donors (Lipinski definition) is 1. The molecule has 5 nitrogen and oxygen atoms in total. The highest BCUT2D eigenvalue weighted by Gasteiger charge is 2.37. The monoisotopic (exact) mass is 421 g/mol. The maximum Gasteiger partial charge on any atom is 0.408 e. The highest BCUT2D eigenvalue weighted by atomic mass is 127. The van der Waals surface area contributed by atoms with E-state index >= 15 is 0 Å². The molecule has 1 atom stereocenters. The van der Waals surface area contributed by atoms with Crippen LogP contribution in [0.25, 0.3) is 0 Å². The summed E-state index contributed by atoms with van der Waals surface area (Å²) in [6, 6.07) is 0. The van der Waals surface area contributed by atoms with Gasteiger partial charge in [0.15, 0.2) is 3.01 Å². The van der Waals surface area contributed by atoms with Crippen molar-refractivity contribution in [2.45, 2.75) is 38.3 Å². The molecule has 1 N–H and O–H groups in total. The van der Waals surface area contributed by atoms with E-state index in [0.29, 0.717) is 5.92 Å². The summed E-state index contributed by atoms with van der Waals surface area (Å²) >= 11 is 3.77. The summed E-state index contributed by atoms with van der Waals surface area (Å²) in [4.78, 5) is 19.0. The van der Waals surface area contributed by atoms with Gasteiger partial charge in [0.1, 0.15) is 6.10 Å². The van der Waals surface area contributed by atoms with Gasteiger partial charge in [0.2, 0.25) is 0 Å². The number of alkyl carbamates (subject to hydrolysis) is 1. The Bertz CT molecular complexity index is 526. The lowest BCUT2D eigenvalue weighted by atomic mass is 9.86. The van der Waals surface area contributed by atoms with E-state index in [2.05, 4.69) is 37.8 Å². The van der Waals surface area contributed by atoms with Gasteiger partial charge in [0.05, 0.1) is 11.2 Å². The first-order chi connectivity index (χ1) is 9.94. The van der Waals surface area contributed by atoms with Crippen LogP contribution in [0.2, 0.25) is 0 Å². The molecular weight excluding hydrogens is 401 g/mol. The summed E-state index contributed by atoms with van der Waals surface area (Å²) in [6.07, 6.45) is 2.00. The summed E-state index contributed by atoms with van der Waals surface area (Å²) in [5.74, 6) is 0.532. The van der Waals surface area contributed by atoms with E-state index in [0.717, 1.165) is 41.2 Å². The van der Waals surface area contributed by atoms with Crippen molar-refractivity contribution in [3.05, 3.63) is 14.1 Å². The fourth-order valence-electron chi connectivity index (χ4n) is 3.07. The lowest BCUT2D eigenvalue weighted by molar-refractivity contribution is -0.0350. The second-order valence-electron chi connectivity index (χ2n) is 6.32. The van der Waals surface area contributed by atoms with Crippen molar-refractivity contribution >= 4 is 40.0 Å². The molecule has 0 unspecified atom stereocenters. The predicted octanol–water partition coefficient (Wildman–Crippen LogP) is 2.80. The van der Waals surface area contributed by atoms with Gasteiger partial charge in [-0.1, -0.05) is 0 Å². The molecule has 0 aliphatic carbocycles. The Morgan fingerprint density at radius 1 is 1.52 bits per heavy atom. The third-order valence-corrected chi connectivity index (χ3v) is 6.02. The normalized spacial score (nSPS) is 28.4. The molecule has 0 aromatic carbocycles. The molecule has 2 bridgehead atoms. The van der Waals surface area contributed by atoms with E-state index in [9.17, 15) is 4.79 Å². The average Bonchev–Trinajstić information content (AvgIpc) is 2.87. The highest BCUT2D eigenvalue weighted by Crippen LogP contribution is 2.30. The van der Waals surface area contributed by atoms with E-state index in [1.54, 1.807) is 11.3 Å². The first-order valence-corrected chi connectivity index (χ1v) is 9.22. The molecule has 0 radical (unpaired) electrons. The Hall–Kier alpha value is -0.410. The van der Waals surface area contributed by atoms with Crippen molar-refractivity contribution in [3.8, 4) is 0 Å². The Morgan fingerprint density at radius 2 is 2.24 bits per heavy atom. The largest absolute Gasteiger partial charge is 0.445 e. The van der Waals surface area contributed by atoms with E-state index in [4.69, 9.17) is 4.74 Å². The zero-order valence-electron chi connectivity index (χ0n) is 12.3. The number of halogens is 1. The zero-order valence-corrected chi connectivity index (χ0v) is 15.2. The van der Waals surface area contributed by atoms with Crippen molar-refractivity contribution in [1.29, 1.82) is 0 Å². The van der Waals surface area contributed by atoms with E-state index in [1.165, 1.54) is 0 Å². The molecule has 4 heterocycles. The van der Waals surface area contributed by atoms with Gasteiger partial charge in [-0.3, -0.25) is 4.90 Å². The Balaban J connectivity index is 1.58. The number of aromatic nitrogens is 1. The quantitative estimate of drug-likeness (QED) is 0.763. The Kier molecular flexibility index (Phi) is 4.42. The van der Waals surface area contributed by atoms with Crippen LogP contribution in [-0.2, 0) is 10.3 Å². The average molecular weight is 421 g/mol. The molecule has 0 saturated carbocycles. The van der Waals surface area contributed by atoms with Crippen LogP contribution in [0, 0.1) is 8.93 Å². The third kappa shape index (κ3) is 3.50. The number of nitrogens with one attached hydrogen (secondary N) is 1. The number of rotatable bonds is 3. The van der Waals surface area contributed by atoms with E-state index in [-0.39, 0.29) is 12.2 Å². The molecule has 7 heteroatoms. The Morgan fingerprint density at radius 3 is 2.76 bits per heavy atom. The van der Waals surface area contributed by atoms with Crippen LogP contribution in [-0.4, -0.2) is 41.7 Å². The van der Waals surface area contributed by atoms with Gasteiger partial charge >= 0.3 is 6.09 Å². The molecule has 1 aromatic heterocycles. The smallest absolute Gasteiger partial charge is 0.408 e. The van der Waals surface area contributed by atoms with Crippen LogP contribution < -0.4 is 5.32 Å². The van der Waals surface area contributed by atoms with E-state index in [1.807, 2.05) is 19.2 Å². The van der Waals surface area contributed by atoms with E-state index < -0.39 is 5.54 Å². The Labute approximate surface area is 142 Å². The molecule has 4 rings (SSSR count). The maximum atomic E-state index is 12.2. The fourth-order valence-corrected chi connectivity index (χ4v) is 4.42. The summed E-state index contributed by atoms with van der Waals surface area (Å²) in [5, 5.41) is 4.94. The molecule has 1 amide bonds. The number of carbonyl (C=O) groups is 1. The van der Waals surface area contributed by atoms with Crippen LogP contribution in [0.4, 0.5) is 4.79 Å². The summed E-state index contributed by atoms with van der Waals surface area (Å²) in [7, 11) is 0. The number of fused-ring (bicyclic) bond motifs is 3. The molecule has 116 valence electrons. The number of hydrogen-bond acceptors (Lipinski definition) is 5. The number of amides is 1. The first-order valence-electron chi connectivity index (χ1n) is 7.27. The van der Waals surface area contributed by atoms with Gasteiger partial charge in [-0.25, -0.2) is 9.78 Å². The third-order valence-electron chi connectivity index (χ3n) is 4.39. The molecule has 21 heavy (non-hydrogen) atoms. The van der Waals surface area contributed by atoms with Crippen LogP contribution in [0.15, 0.2) is 5.38 Å². The minimum Gasteiger partial charge on any atom is -0.445 e. The predicted molar refractivity (Wildman–Crippen MR) is 90.4 cm³/mol. The zero-order chi connectivity index (χ0) is 15.0. The molecule has 3 aliphatic heterocycles. The number of thiazole rings is 1. The standard InChI is InChI=1S/C14H20IN3O2S/c1-14(2,11-8-21-12(15)16-11)17-13(19)20-10-7-18-5-3-9(10)4-6-18/h8-10H,3-7H2,1-2H3,(H,17,19)/t10-/m1/s1. The summed E-state index contributed by atoms with van der Waals surface area (Å²) in [6.45, 7) is 7.09. The lowest BCUT2D eigenvalue weighted by Crippen LogP contribution is -2.53. The van der Waals surface area contributed by atoms with Gasteiger partial charge in [0, 0.05) is 11.9 Å². The number of ether oxygens (including phenoxy) is 1. The van der Waals surface area contributed by atoms with Crippen molar-refractivity contribution < 1.29 is 9.53 Å². The number of carbonyl (C=O) groups excluding carboxylic acids is 1. The maximum absolute atomic E-state index is 12.2. The molecule has 3 saturated heterocycles. The molecule has 3 fully saturated rings. The van der Waals surface area contributed by atoms with Crippen molar-refractivity contribution in [2.24, 2.45) is 5.92 Å². The van der Waals surface area contributed by atoms with Crippen LogP contribution >= 0.6 is 33.9 Å². The van der Waals surface area contributed by atoms with Gasteiger partial charge in [-0.2, -0.15) is 0 Å². The minimum absolute atomic E-state index is 0.0406. The SMILES string of the molecule is CC(C)(NC(=O)O[C@@H]1CN2CCC1CC2)c1csc(I)n1. The van der Waals surface area contributed by atoms with Gasteiger partial charge in [0.25, 0.3) is 0 Å². The fraction of sp³-hybridized carbons (Fsp3) is 0.714. The first kappa shape index (κ1) is 15.5. The summed E-state index contributed by atoms with van der Waals surface area (Å²) in [5.41, 5.74) is 0.369. The van der Waals surface area contributed by atoms with Crippen LogP contribution in [0.1, 0.15) is 32.4 Å². The summed E-state index contributed by atoms with van der Waals surface area (Å²) < 4.78 is 6.65. The van der Waals surface area contributed by atoms with Crippen molar-refractivity contribution in [2.75, 3.05) is 19.6 Å². The van der Waals surface area contributed by atoms with Crippen molar-refractivity contribution in [3.63, 3.8) is 0 Å². The lowest BCUT2D eigenvalue weighted by Gasteiger charge is -2.44. The molecular formula is C14H20IN3O2S. The van der Waals surface area contributed by atoms with Crippen LogP contribution in [0.3, 0.4) is 0 Å². The topological polar surface area (TPSA) is 54.5 Å². The van der Waals surface area contributed by atoms with Gasteiger partial charge < -0.3 is 10.1 Å². The van der Waals surface area contributed by atoms with Crippen LogP contribution in [0.5, 0.6) is 0 Å². The molecule has 0 spiro atoms.